The molecule has 152 valence electrons. The second-order valence-electron chi connectivity index (χ2n) is 7.45. The van der Waals surface area contributed by atoms with Crippen LogP contribution in [0.4, 0.5) is 0 Å². The van der Waals surface area contributed by atoms with Crippen molar-refractivity contribution in [2.45, 2.75) is 52.0 Å². The maximum Gasteiger partial charge on any atom is 0.228 e. The summed E-state index contributed by atoms with van der Waals surface area (Å²) in [7, 11) is 0. The standard InChI is InChI=1S/C22H24ClN3O2S/c1-14-20(29-15(2)25-14)12-21(27)26-10-6-5-9-19(26)22-24-13-17(28-22)11-16-7-3-4-8-18(16)23/h3-4,7-8,13,19H,5-6,9-12H2,1-2H3. The minimum absolute atomic E-state index is 0.106. The van der Waals surface area contributed by atoms with E-state index in [1.807, 2.05) is 43.0 Å². The fourth-order valence-electron chi connectivity index (χ4n) is 3.85. The number of piperidine rings is 1. The molecule has 1 fully saturated rings. The van der Waals surface area contributed by atoms with Gasteiger partial charge in [0.05, 0.1) is 23.3 Å². The van der Waals surface area contributed by atoms with Crippen molar-refractivity contribution < 1.29 is 9.21 Å². The van der Waals surface area contributed by atoms with Crippen molar-refractivity contribution in [2.75, 3.05) is 6.54 Å². The molecule has 0 radical (unpaired) electrons. The highest BCUT2D eigenvalue weighted by Crippen LogP contribution is 2.32. The van der Waals surface area contributed by atoms with Crippen LogP contribution in [0.5, 0.6) is 0 Å². The molecule has 0 N–H and O–H groups in total. The number of benzene rings is 1. The van der Waals surface area contributed by atoms with E-state index in [0.717, 1.165) is 57.7 Å². The molecule has 3 heterocycles. The molecule has 7 heteroatoms. The second-order valence-corrected chi connectivity index (χ2v) is 9.14. The molecule has 5 nitrogen and oxygen atoms in total. The van der Waals surface area contributed by atoms with Gasteiger partial charge in [-0.15, -0.1) is 11.3 Å². The first-order valence-corrected chi connectivity index (χ1v) is 11.1. The van der Waals surface area contributed by atoms with Crippen LogP contribution in [-0.2, 0) is 17.6 Å². The van der Waals surface area contributed by atoms with Gasteiger partial charge in [-0.25, -0.2) is 9.97 Å². The summed E-state index contributed by atoms with van der Waals surface area (Å²) in [5.74, 6) is 1.50. The lowest BCUT2D eigenvalue weighted by Crippen LogP contribution is -2.39. The van der Waals surface area contributed by atoms with E-state index < -0.39 is 0 Å². The molecule has 1 saturated heterocycles. The first-order chi connectivity index (χ1) is 14.0. The molecule has 4 rings (SSSR count). The molecule has 3 aromatic rings. The zero-order valence-corrected chi connectivity index (χ0v) is 18.2. The molecular weight excluding hydrogens is 406 g/mol. The summed E-state index contributed by atoms with van der Waals surface area (Å²) in [6.07, 6.45) is 5.68. The third-order valence-corrected chi connectivity index (χ3v) is 6.76. The van der Waals surface area contributed by atoms with Crippen molar-refractivity contribution in [1.29, 1.82) is 0 Å². The molecule has 1 aliphatic rings. The number of aryl methyl sites for hydroxylation is 2. The van der Waals surface area contributed by atoms with Gasteiger partial charge in [0.2, 0.25) is 11.8 Å². The zero-order chi connectivity index (χ0) is 20.4. The van der Waals surface area contributed by atoms with Crippen molar-refractivity contribution in [3.8, 4) is 0 Å². The molecule has 0 spiro atoms. The van der Waals surface area contributed by atoms with Crippen LogP contribution in [0.2, 0.25) is 5.02 Å². The van der Waals surface area contributed by atoms with E-state index in [-0.39, 0.29) is 11.9 Å². The molecule has 0 saturated carbocycles. The van der Waals surface area contributed by atoms with Gasteiger partial charge in [0.25, 0.3) is 0 Å². The van der Waals surface area contributed by atoms with Gasteiger partial charge in [-0.05, 0) is 44.7 Å². The SMILES string of the molecule is Cc1nc(C)c(CC(=O)N2CCCCC2c2ncc(Cc3ccccc3Cl)o2)s1. The largest absolute Gasteiger partial charge is 0.443 e. The smallest absolute Gasteiger partial charge is 0.228 e. The maximum atomic E-state index is 13.1. The number of oxazole rings is 1. The van der Waals surface area contributed by atoms with E-state index in [1.54, 1.807) is 17.5 Å². The molecule has 1 atom stereocenters. The quantitative estimate of drug-likeness (QED) is 0.553. The maximum absolute atomic E-state index is 13.1. The third-order valence-electron chi connectivity index (χ3n) is 5.31. The van der Waals surface area contributed by atoms with E-state index in [2.05, 4.69) is 9.97 Å². The molecule has 1 unspecified atom stereocenters. The minimum atomic E-state index is -0.106. The second kappa shape index (κ2) is 8.67. The first kappa shape index (κ1) is 20.1. The highest BCUT2D eigenvalue weighted by atomic mass is 35.5. The van der Waals surface area contributed by atoms with Gasteiger partial charge in [0.15, 0.2) is 0 Å². The van der Waals surface area contributed by atoms with Gasteiger partial charge in [-0.1, -0.05) is 29.8 Å². The summed E-state index contributed by atoms with van der Waals surface area (Å²) in [4.78, 5) is 25.0. The summed E-state index contributed by atoms with van der Waals surface area (Å²) >= 11 is 7.87. The van der Waals surface area contributed by atoms with Crippen LogP contribution < -0.4 is 0 Å². The van der Waals surface area contributed by atoms with Gasteiger partial charge in [-0.2, -0.15) is 0 Å². The number of likely N-dealkylation sites (tertiary alicyclic amines) is 1. The Kier molecular flexibility index (Phi) is 6.01. The molecule has 0 aliphatic carbocycles. The minimum Gasteiger partial charge on any atom is -0.443 e. The predicted octanol–water partition coefficient (Wildman–Crippen LogP) is 5.29. The summed E-state index contributed by atoms with van der Waals surface area (Å²) < 4.78 is 6.07. The average Bonchev–Trinajstić information content (AvgIpc) is 3.29. The van der Waals surface area contributed by atoms with Crippen molar-refractivity contribution in [1.82, 2.24) is 14.9 Å². The number of amides is 1. The number of carbonyl (C=O) groups is 1. The lowest BCUT2D eigenvalue weighted by Gasteiger charge is -2.33. The van der Waals surface area contributed by atoms with Crippen LogP contribution >= 0.6 is 22.9 Å². The van der Waals surface area contributed by atoms with Crippen LogP contribution in [0.25, 0.3) is 0 Å². The van der Waals surface area contributed by atoms with Crippen molar-refractivity contribution in [2.24, 2.45) is 0 Å². The number of hydrogen-bond donors (Lipinski definition) is 0. The number of rotatable bonds is 5. The molecule has 1 aliphatic heterocycles. The Morgan fingerprint density at radius 3 is 2.90 bits per heavy atom. The first-order valence-electron chi connectivity index (χ1n) is 9.91. The Bertz CT molecular complexity index is 1010. The normalized spacial score (nSPS) is 16.9. The highest BCUT2D eigenvalue weighted by molar-refractivity contribution is 7.11. The lowest BCUT2D eigenvalue weighted by molar-refractivity contribution is -0.134. The van der Waals surface area contributed by atoms with Gasteiger partial charge < -0.3 is 9.32 Å². The number of nitrogens with zero attached hydrogens (tertiary/aromatic N) is 3. The van der Waals surface area contributed by atoms with Gasteiger partial charge in [-0.3, -0.25) is 4.79 Å². The third kappa shape index (κ3) is 4.54. The van der Waals surface area contributed by atoms with Crippen molar-refractivity contribution >= 4 is 28.8 Å². The summed E-state index contributed by atoms with van der Waals surface area (Å²) in [6.45, 7) is 4.68. The summed E-state index contributed by atoms with van der Waals surface area (Å²) in [6, 6.07) is 7.63. The number of aromatic nitrogens is 2. The van der Waals surface area contributed by atoms with E-state index in [0.29, 0.717) is 18.7 Å². The molecule has 1 amide bonds. The number of thiazole rings is 1. The van der Waals surface area contributed by atoms with E-state index in [4.69, 9.17) is 16.0 Å². The topological polar surface area (TPSA) is 59.2 Å². The van der Waals surface area contributed by atoms with Crippen LogP contribution in [0.3, 0.4) is 0 Å². The Balaban J connectivity index is 1.50. The molecule has 29 heavy (non-hydrogen) atoms. The van der Waals surface area contributed by atoms with Crippen molar-refractivity contribution in [3.05, 3.63) is 68.3 Å². The van der Waals surface area contributed by atoms with Crippen LogP contribution in [0.1, 0.15) is 58.1 Å². The number of halogens is 1. The zero-order valence-electron chi connectivity index (χ0n) is 16.7. The monoisotopic (exact) mass is 429 g/mol. The van der Waals surface area contributed by atoms with Gasteiger partial charge in [0.1, 0.15) is 11.8 Å². The van der Waals surface area contributed by atoms with Gasteiger partial charge in [0, 0.05) is 22.9 Å². The Morgan fingerprint density at radius 1 is 1.31 bits per heavy atom. The molecule has 1 aromatic carbocycles. The van der Waals surface area contributed by atoms with E-state index >= 15 is 0 Å². The fourth-order valence-corrected chi connectivity index (χ4v) is 4.98. The predicted molar refractivity (Wildman–Crippen MR) is 114 cm³/mol. The molecular formula is C22H24ClN3O2S. The Hall–Kier alpha value is -2.18. The molecule has 0 bridgehead atoms. The Morgan fingerprint density at radius 2 is 2.14 bits per heavy atom. The van der Waals surface area contributed by atoms with E-state index in [9.17, 15) is 4.79 Å². The lowest BCUT2D eigenvalue weighted by atomic mass is 10.0. The number of carbonyl (C=O) groups excluding carboxylic acids is 1. The van der Waals surface area contributed by atoms with Crippen LogP contribution in [0, 0.1) is 13.8 Å². The Labute approximate surface area is 179 Å². The average molecular weight is 430 g/mol. The van der Waals surface area contributed by atoms with Gasteiger partial charge >= 0.3 is 0 Å². The molecule has 2 aromatic heterocycles. The summed E-state index contributed by atoms with van der Waals surface area (Å²) in [5, 5.41) is 1.72. The van der Waals surface area contributed by atoms with Crippen molar-refractivity contribution in [3.63, 3.8) is 0 Å². The van der Waals surface area contributed by atoms with Crippen LogP contribution in [-0.4, -0.2) is 27.3 Å². The number of hydrogen-bond acceptors (Lipinski definition) is 5. The highest BCUT2D eigenvalue weighted by Gasteiger charge is 2.31. The van der Waals surface area contributed by atoms with Crippen LogP contribution in [0.15, 0.2) is 34.9 Å². The van der Waals surface area contributed by atoms with E-state index in [1.165, 1.54) is 0 Å². The fraction of sp³-hybridized carbons (Fsp3) is 0.409. The summed E-state index contributed by atoms with van der Waals surface area (Å²) in [5.41, 5.74) is 1.96.